The number of rotatable bonds is 3. The molecule has 0 aliphatic heterocycles. The molecule has 0 spiro atoms. The molecule has 5 heteroatoms. The smallest absolute Gasteiger partial charge is 0.337 e. The molecule has 0 atom stereocenters. The van der Waals surface area contributed by atoms with Crippen molar-refractivity contribution < 1.29 is 9.90 Å². The third kappa shape index (κ3) is 2.40. The highest BCUT2D eigenvalue weighted by Crippen LogP contribution is 2.32. The summed E-state index contributed by atoms with van der Waals surface area (Å²) >= 11 is 0. The maximum absolute atomic E-state index is 11.3. The summed E-state index contributed by atoms with van der Waals surface area (Å²) in [5.74, 6) is -1.03. The van der Waals surface area contributed by atoms with E-state index in [1.54, 1.807) is 48.3 Å². The van der Waals surface area contributed by atoms with Gasteiger partial charge in [0.25, 0.3) is 0 Å². The van der Waals surface area contributed by atoms with Crippen molar-refractivity contribution >= 4 is 23.0 Å². The highest BCUT2D eigenvalue weighted by molar-refractivity contribution is 5.99. The van der Waals surface area contributed by atoms with Crippen molar-refractivity contribution in [2.24, 2.45) is 0 Å². The third-order valence-electron chi connectivity index (χ3n) is 3.02. The molecule has 0 aliphatic rings. The quantitative estimate of drug-likeness (QED) is 0.834. The number of benzene rings is 2. The van der Waals surface area contributed by atoms with Gasteiger partial charge in [0.2, 0.25) is 0 Å². The first-order valence-electron chi connectivity index (χ1n) is 5.90. The first kappa shape index (κ1) is 13.4. The standard InChI is InChI=1S/C15H13N3O2/c1-18(11-7-5-10(9-16)6-8-11)14-12(15(19)20)3-2-4-13(14)17/h2-8H,17H2,1H3,(H,19,20). The van der Waals surface area contributed by atoms with E-state index >= 15 is 0 Å². The Hall–Kier alpha value is -3.00. The molecule has 0 saturated carbocycles. The van der Waals surface area contributed by atoms with E-state index in [0.717, 1.165) is 5.69 Å². The fraction of sp³-hybridized carbons (Fsp3) is 0.0667. The van der Waals surface area contributed by atoms with Gasteiger partial charge in [-0.3, -0.25) is 0 Å². The second kappa shape index (κ2) is 5.33. The van der Waals surface area contributed by atoms with Gasteiger partial charge in [-0.1, -0.05) is 6.07 Å². The SMILES string of the molecule is CN(c1ccc(C#N)cc1)c1c(N)cccc1C(=O)O. The molecule has 0 aliphatic carbocycles. The first-order valence-corrected chi connectivity index (χ1v) is 5.90. The molecule has 0 radical (unpaired) electrons. The Labute approximate surface area is 116 Å². The molecule has 5 nitrogen and oxygen atoms in total. The minimum atomic E-state index is -1.03. The van der Waals surface area contributed by atoms with E-state index in [1.807, 2.05) is 6.07 Å². The maximum Gasteiger partial charge on any atom is 0.337 e. The van der Waals surface area contributed by atoms with E-state index in [4.69, 9.17) is 11.0 Å². The average Bonchev–Trinajstić information content (AvgIpc) is 2.46. The van der Waals surface area contributed by atoms with Crippen molar-refractivity contribution in [3.63, 3.8) is 0 Å². The maximum atomic E-state index is 11.3. The summed E-state index contributed by atoms with van der Waals surface area (Å²) in [5, 5.41) is 18.0. The molecule has 2 rings (SSSR count). The predicted octanol–water partition coefficient (Wildman–Crippen LogP) is 2.61. The van der Waals surface area contributed by atoms with Gasteiger partial charge in [0.1, 0.15) is 0 Å². The summed E-state index contributed by atoms with van der Waals surface area (Å²) in [7, 11) is 1.74. The molecule has 0 bridgehead atoms. The van der Waals surface area contributed by atoms with Crippen LogP contribution in [0.5, 0.6) is 0 Å². The second-order valence-electron chi connectivity index (χ2n) is 4.27. The number of carboxylic acids is 1. The molecule has 0 fully saturated rings. The van der Waals surface area contributed by atoms with Crippen LogP contribution in [0.3, 0.4) is 0 Å². The Morgan fingerprint density at radius 3 is 2.45 bits per heavy atom. The fourth-order valence-electron chi connectivity index (χ4n) is 2.00. The largest absolute Gasteiger partial charge is 0.478 e. The van der Waals surface area contributed by atoms with Crippen LogP contribution < -0.4 is 10.6 Å². The number of hydrogen-bond donors (Lipinski definition) is 2. The van der Waals surface area contributed by atoms with Crippen LogP contribution in [0.15, 0.2) is 42.5 Å². The third-order valence-corrected chi connectivity index (χ3v) is 3.02. The zero-order valence-electron chi connectivity index (χ0n) is 10.9. The van der Waals surface area contributed by atoms with Crippen LogP contribution in [0, 0.1) is 11.3 Å². The predicted molar refractivity (Wildman–Crippen MR) is 77.0 cm³/mol. The lowest BCUT2D eigenvalue weighted by atomic mass is 10.1. The van der Waals surface area contributed by atoms with Crippen molar-refractivity contribution in [1.82, 2.24) is 0 Å². The summed E-state index contributed by atoms with van der Waals surface area (Å²) in [6, 6.07) is 13.6. The van der Waals surface area contributed by atoms with Crippen LogP contribution in [-0.4, -0.2) is 18.1 Å². The highest BCUT2D eigenvalue weighted by Gasteiger charge is 2.17. The summed E-state index contributed by atoms with van der Waals surface area (Å²) in [5.41, 5.74) is 8.15. The zero-order valence-corrected chi connectivity index (χ0v) is 10.9. The van der Waals surface area contributed by atoms with Gasteiger partial charge < -0.3 is 15.7 Å². The lowest BCUT2D eigenvalue weighted by molar-refractivity contribution is 0.0697. The molecule has 2 aromatic rings. The number of anilines is 3. The molecule has 2 aromatic carbocycles. The van der Waals surface area contributed by atoms with Crippen molar-refractivity contribution in [1.29, 1.82) is 5.26 Å². The summed E-state index contributed by atoms with van der Waals surface area (Å²) < 4.78 is 0. The number of para-hydroxylation sites is 1. The van der Waals surface area contributed by atoms with E-state index < -0.39 is 5.97 Å². The Morgan fingerprint density at radius 1 is 1.25 bits per heavy atom. The van der Waals surface area contributed by atoms with Crippen LogP contribution in [0.4, 0.5) is 17.1 Å². The molecular formula is C15H13N3O2. The summed E-state index contributed by atoms with van der Waals surface area (Å²) in [6.07, 6.45) is 0. The van der Waals surface area contributed by atoms with Gasteiger partial charge >= 0.3 is 5.97 Å². The van der Waals surface area contributed by atoms with Crippen molar-refractivity contribution in [3.05, 3.63) is 53.6 Å². The number of nitrogen functional groups attached to an aromatic ring is 1. The Morgan fingerprint density at radius 2 is 1.90 bits per heavy atom. The van der Waals surface area contributed by atoms with E-state index in [0.29, 0.717) is 16.9 Å². The van der Waals surface area contributed by atoms with Gasteiger partial charge in [0.05, 0.1) is 28.6 Å². The van der Waals surface area contributed by atoms with Crippen LogP contribution in [0.2, 0.25) is 0 Å². The summed E-state index contributed by atoms with van der Waals surface area (Å²) in [4.78, 5) is 13.0. The number of aromatic carboxylic acids is 1. The van der Waals surface area contributed by atoms with E-state index in [9.17, 15) is 9.90 Å². The fourth-order valence-corrected chi connectivity index (χ4v) is 2.00. The number of nitrogens with zero attached hydrogens (tertiary/aromatic N) is 2. The van der Waals surface area contributed by atoms with Crippen LogP contribution in [0.25, 0.3) is 0 Å². The van der Waals surface area contributed by atoms with Gasteiger partial charge in [-0.25, -0.2) is 4.79 Å². The molecule has 20 heavy (non-hydrogen) atoms. The molecule has 0 saturated heterocycles. The molecule has 3 N–H and O–H groups in total. The molecule has 0 unspecified atom stereocenters. The van der Waals surface area contributed by atoms with Crippen LogP contribution >= 0.6 is 0 Å². The van der Waals surface area contributed by atoms with E-state index in [-0.39, 0.29) is 5.56 Å². The summed E-state index contributed by atoms with van der Waals surface area (Å²) in [6.45, 7) is 0. The molecule has 0 heterocycles. The van der Waals surface area contributed by atoms with Gasteiger partial charge in [0.15, 0.2) is 0 Å². The van der Waals surface area contributed by atoms with Gasteiger partial charge in [0, 0.05) is 12.7 Å². The number of carboxylic acid groups (broad SMARTS) is 1. The van der Waals surface area contributed by atoms with E-state index in [1.165, 1.54) is 6.07 Å². The normalized spacial score (nSPS) is 9.80. The lowest BCUT2D eigenvalue weighted by Crippen LogP contribution is -2.16. The number of nitrogens with two attached hydrogens (primary N) is 1. The van der Waals surface area contributed by atoms with Crippen LogP contribution in [-0.2, 0) is 0 Å². The van der Waals surface area contributed by atoms with Crippen molar-refractivity contribution in [2.45, 2.75) is 0 Å². The van der Waals surface area contributed by atoms with Crippen molar-refractivity contribution in [3.8, 4) is 6.07 Å². The minimum absolute atomic E-state index is 0.136. The number of nitriles is 1. The van der Waals surface area contributed by atoms with E-state index in [2.05, 4.69) is 0 Å². The Balaban J connectivity index is 2.50. The average molecular weight is 267 g/mol. The first-order chi connectivity index (χ1) is 9.54. The van der Waals surface area contributed by atoms with Crippen molar-refractivity contribution in [2.75, 3.05) is 17.7 Å². The topological polar surface area (TPSA) is 90.4 Å². The molecular weight excluding hydrogens is 254 g/mol. The van der Waals surface area contributed by atoms with Crippen LogP contribution in [0.1, 0.15) is 15.9 Å². The molecule has 0 aromatic heterocycles. The Bertz CT molecular complexity index is 687. The number of carbonyl (C=O) groups is 1. The highest BCUT2D eigenvalue weighted by atomic mass is 16.4. The minimum Gasteiger partial charge on any atom is -0.478 e. The monoisotopic (exact) mass is 267 g/mol. The number of hydrogen-bond acceptors (Lipinski definition) is 4. The lowest BCUT2D eigenvalue weighted by Gasteiger charge is -2.23. The van der Waals surface area contributed by atoms with Gasteiger partial charge in [-0.15, -0.1) is 0 Å². The molecule has 100 valence electrons. The second-order valence-corrected chi connectivity index (χ2v) is 4.27. The zero-order chi connectivity index (χ0) is 14.7. The van der Waals surface area contributed by atoms with Gasteiger partial charge in [-0.05, 0) is 36.4 Å². The molecule has 0 amide bonds. The van der Waals surface area contributed by atoms with Gasteiger partial charge in [-0.2, -0.15) is 5.26 Å². The Kier molecular flexibility index (Phi) is 3.58.